The highest BCUT2D eigenvalue weighted by molar-refractivity contribution is 7.90. The highest BCUT2D eigenvalue weighted by Crippen LogP contribution is 2.63. The topological polar surface area (TPSA) is 60.2 Å². The number of rotatable bonds is 3. The van der Waals surface area contributed by atoms with Crippen LogP contribution in [0.15, 0.2) is 29.2 Å². The fourth-order valence-electron chi connectivity index (χ4n) is 2.69. The summed E-state index contributed by atoms with van der Waals surface area (Å²) in [4.78, 5) is 0.367. The largest absolute Gasteiger partial charge is 0.330 e. The summed E-state index contributed by atoms with van der Waals surface area (Å²) in [7, 11) is -3.11. The van der Waals surface area contributed by atoms with Gasteiger partial charge in [0.1, 0.15) is 0 Å². The predicted octanol–water partition coefficient (Wildman–Crippen LogP) is 1.72. The second kappa shape index (κ2) is 3.56. The first-order chi connectivity index (χ1) is 7.73. The molecule has 1 atom stereocenters. The smallest absolute Gasteiger partial charge is 0.175 e. The van der Waals surface area contributed by atoms with Crippen LogP contribution in [0.3, 0.4) is 0 Å². The highest BCUT2D eigenvalue weighted by atomic mass is 32.2. The average Bonchev–Trinajstić information content (AvgIpc) is 2.81. The van der Waals surface area contributed by atoms with Crippen molar-refractivity contribution in [2.75, 3.05) is 12.8 Å². The standard InChI is InChI=1S/C13H19NO2S/c1-12(2)8-13(12,9-14)10-4-6-11(7-5-10)17(3,15)16/h4-7H,8-9,14H2,1-3H3. The maximum absolute atomic E-state index is 11.4. The fraction of sp³-hybridized carbons (Fsp3) is 0.538. The van der Waals surface area contributed by atoms with Crippen LogP contribution in [0.25, 0.3) is 0 Å². The van der Waals surface area contributed by atoms with Gasteiger partial charge >= 0.3 is 0 Å². The normalized spacial score (nSPS) is 26.8. The number of sulfone groups is 1. The number of hydrogen-bond acceptors (Lipinski definition) is 3. The molecule has 0 aliphatic heterocycles. The van der Waals surface area contributed by atoms with E-state index in [0.29, 0.717) is 11.4 Å². The lowest BCUT2D eigenvalue weighted by atomic mass is 9.88. The van der Waals surface area contributed by atoms with Crippen molar-refractivity contribution in [3.63, 3.8) is 0 Å². The van der Waals surface area contributed by atoms with Crippen LogP contribution in [-0.2, 0) is 15.3 Å². The van der Waals surface area contributed by atoms with Crippen LogP contribution in [0.5, 0.6) is 0 Å². The third-order valence-electron chi connectivity index (χ3n) is 4.10. The van der Waals surface area contributed by atoms with Gasteiger partial charge in [0.15, 0.2) is 9.84 Å². The SMILES string of the molecule is CC1(C)CC1(CN)c1ccc(S(C)(=O)=O)cc1. The summed E-state index contributed by atoms with van der Waals surface area (Å²) in [5.41, 5.74) is 7.28. The lowest BCUT2D eigenvalue weighted by Gasteiger charge is -2.19. The molecule has 2 rings (SSSR count). The van der Waals surface area contributed by atoms with Gasteiger partial charge in [0.25, 0.3) is 0 Å². The summed E-state index contributed by atoms with van der Waals surface area (Å²) >= 11 is 0. The molecule has 1 fully saturated rings. The Hall–Kier alpha value is -0.870. The average molecular weight is 253 g/mol. The molecule has 0 heterocycles. The molecular formula is C13H19NO2S. The minimum atomic E-state index is -3.11. The van der Waals surface area contributed by atoms with E-state index in [1.54, 1.807) is 12.1 Å². The zero-order valence-corrected chi connectivity index (χ0v) is 11.3. The number of benzene rings is 1. The predicted molar refractivity (Wildman–Crippen MR) is 68.7 cm³/mol. The molecule has 0 bridgehead atoms. The lowest BCUT2D eigenvalue weighted by Crippen LogP contribution is -2.25. The van der Waals surface area contributed by atoms with E-state index in [0.717, 1.165) is 12.0 Å². The van der Waals surface area contributed by atoms with Crippen LogP contribution in [0.4, 0.5) is 0 Å². The van der Waals surface area contributed by atoms with Crippen LogP contribution in [0.2, 0.25) is 0 Å². The first-order valence-corrected chi connectivity index (χ1v) is 7.63. The first kappa shape index (κ1) is 12.6. The first-order valence-electron chi connectivity index (χ1n) is 5.74. The molecule has 94 valence electrons. The third-order valence-corrected chi connectivity index (χ3v) is 5.23. The van der Waals surface area contributed by atoms with Crippen LogP contribution < -0.4 is 5.73 Å². The van der Waals surface area contributed by atoms with Crippen LogP contribution in [0, 0.1) is 5.41 Å². The van der Waals surface area contributed by atoms with Gasteiger partial charge in [-0.2, -0.15) is 0 Å². The van der Waals surface area contributed by atoms with Crippen molar-refractivity contribution >= 4 is 9.84 Å². The molecule has 0 saturated heterocycles. The van der Waals surface area contributed by atoms with Gasteiger partial charge in [-0.15, -0.1) is 0 Å². The van der Waals surface area contributed by atoms with Crippen molar-refractivity contribution in [2.24, 2.45) is 11.1 Å². The molecule has 0 aromatic heterocycles. The van der Waals surface area contributed by atoms with E-state index >= 15 is 0 Å². The summed E-state index contributed by atoms with van der Waals surface area (Å²) in [5, 5.41) is 0. The zero-order chi connectivity index (χ0) is 12.9. The van der Waals surface area contributed by atoms with Crippen molar-refractivity contribution in [3.05, 3.63) is 29.8 Å². The van der Waals surface area contributed by atoms with Gasteiger partial charge in [0.2, 0.25) is 0 Å². The Balaban J connectivity index is 2.38. The summed E-state index contributed by atoms with van der Waals surface area (Å²) in [5.74, 6) is 0. The second-order valence-electron chi connectivity index (χ2n) is 5.64. The van der Waals surface area contributed by atoms with Gasteiger partial charge in [-0.25, -0.2) is 8.42 Å². The van der Waals surface area contributed by atoms with Gasteiger partial charge in [-0.3, -0.25) is 0 Å². The van der Waals surface area contributed by atoms with Crippen molar-refractivity contribution in [1.82, 2.24) is 0 Å². The molecule has 1 aromatic carbocycles. The quantitative estimate of drug-likeness (QED) is 0.892. The Morgan fingerprint density at radius 1 is 1.24 bits per heavy atom. The molecule has 2 N–H and O–H groups in total. The van der Waals surface area contributed by atoms with Crippen LogP contribution in [-0.4, -0.2) is 21.2 Å². The lowest BCUT2D eigenvalue weighted by molar-refractivity contribution is 0.502. The minimum absolute atomic E-state index is 0.0308. The highest BCUT2D eigenvalue weighted by Gasteiger charge is 2.60. The van der Waals surface area contributed by atoms with Crippen molar-refractivity contribution < 1.29 is 8.42 Å². The van der Waals surface area contributed by atoms with E-state index < -0.39 is 9.84 Å². The maximum atomic E-state index is 11.4. The molecule has 17 heavy (non-hydrogen) atoms. The molecule has 3 nitrogen and oxygen atoms in total. The molecule has 0 amide bonds. The van der Waals surface area contributed by atoms with Gasteiger partial charge in [0, 0.05) is 18.2 Å². The summed E-state index contributed by atoms with van der Waals surface area (Å²) in [6.07, 6.45) is 2.29. The third kappa shape index (κ3) is 1.89. The van der Waals surface area contributed by atoms with E-state index in [2.05, 4.69) is 13.8 Å². The number of nitrogens with two attached hydrogens (primary N) is 1. The van der Waals surface area contributed by atoms with Crippen LogP contribution >= 0.6 is 0 Å². The maximum Gasteiger partial charge on any atom is 0.175 e. The van der Waals surface area contributed by atoms with Gasteiger partial charge in [-0.05, 0) is 29.5 Å². The summed E-state index contributed by atoms with van der Waals surface area (Å²) < 4.78 is 22.8. The molecule has 1 saturated carbocycles. The zero-order valence-electron chi connectivity index (χ0n) is 10.5. The monoisotopic (exact) mass is 253 g/mol. The van der Waals surface area contributed by atoms with E-state index in [1.165, 1.54) is 6.26 Å². The minimum Gasteiger partial charge on any atom is -0.330 e. The van der Waals surface area contributed by atoms with Crippen LogP contribution in [0.1, 0.15) is 25.8 Å². The Morgan fingerprint density at radius 3 is 2.00 bits per heavy atom. The van der Waals surface area contributed by atoms with Gasteiger partial charge in [-0.1, -0.05) is 26.0 Å². The Kier molecular flexibility index (Phi) is 2.64. The molecule has 1 unspecified atom stereocenters. The Labute approximate surface area is 103 Å². The summed E-state index contributed by atoms with van der Waals surface area (Å²) in [6, 6.07) is 7.16. The number of hydrogen-bond donors (Lipinski definition) is 1. The molecule has 0 radical (unpaired) electrons. The molecular weight excluding hydrogens is 234 g/mol. The van der Waals surface area contributed by atoms with Gasteiger partial charge < -0.3 is 5.73 Å². The molecule has 4 heteroatoms. The fourth-order valence-corrected chi connectivity index (χ4v) is 3.32. The van der Waals surface area contributed by atoms with E-state index in [-0.39, 0.29) is 10.8 Å². The molecule has 0 spiro atoms. The second-order valence-corrected chi connectivity index (χ2v) is 7.66. The van der Waals surface area contributed by atoms with E-state index in [1.807, 2.05) is 12.1 Å². The van der Waals surface area contributed by atoms with Crippen molar-refractivity contribution in [2.45, 2.75) is 30.6 Å². The molecule has 1 aliphatic rings. The van der Waals surface area contributed by atoms with Crippen molar-refractivity contribution in [1.29, 1.82) is 0 Å². The Bertz CT molecular complexity index is 531. The van der Waals surface area contributed by atoms with E-state index in [9.17, 15) is 8.42 Å². The molecule has 1 aliphatic carbocycles. The van der Waals surface area contributed by atoms with E-state index in [4.69, 9.17) is 5.73 Å². The Morgan fingerprint density at radius 2 is 1.71 bits per heavy atom. The van der Waals surface area contributed by atoms with Gasteiger partial charge in [0.05, 0.1) is 4.90 Å². The van der Waals surface area contributed by atoms with Crippen molar-refractivity contribution in [3.8, 4) is 0 Å². The summed E-state index contributed by atoms with van der Waals surface area (Å²) in [6.45, 7) is 5.01. The molecule has 1 aromatic rings.